The zero-order valence-electron chi connectivity index (χ0n) is 12.0. The van der Waals surface area contributed by atoms with Gasteiger partial charge in [-0.1, -0.05) is 12.5 Å². The van der Waals surface area contributed by atoms with Crippen molar-refractivity contribution in [3.63, 3.8) is 0 Å². The molecule has 0 bridgehead atoms. The molecule has 1 atom stereocenters. The van der Waals surface area contributed by atoms with E-state index in [-0.39, 0.29) is 17.7 Å². The highest BCUT2D eigenvalue weighted by Gasteiger charge is 2.15. The molecule has 0 aliphatic carbocycles. The number of fused-ring (bicyclic) bond motifs is 1. The van der Waals surface area contributed by atoms with Crippen molar-refractivity contribution in [3.8, 4) is 0 Å². The summed E-state index contributed by atoms with van der Waals surface area (Å²) in [6.07, 6.45) is 0.629. The predicted octanol–water partition coefficient (Wildman–Crippen LogP) is 2.47. The molecule has 1 heterocycles. The number of primary amides is 1. The molecular formula is C15H17N3O3. The fourth-order valence-electron chi connectivity index (χ4n) is 1.99. The third-order valence-electron chi connectivity index (χ3n) is 2.97. The second kappa shape index (κ2) is 5.78. The van der Waals surface area contributed by atoms with Crippen molar-refractivity contribution in [1.82, 2.24) is 4.98 Å². The number of aromatic nitrogens is 1. The van der Waals surface area contributed by atoms with Gasteiger partial charge in [-0.15, -0.1) is 6.58 Å². The molecule has 2 aromatic rings. The Balaban J connectivity index is 2.17. The highest BCUT2D eigenvalue weighted by Crippen LogP contribution is 2.21. The molecule has 0 spiro atoms. The minimum atomic E-state index is -0.730. The van der Waals surface area contributed by atoms with Gasteiger partial charge in [0.2, 0.25) is 5.91 Å². The maximum Gasteiger partial charge on any atom is 0.304 e. The summed E-state index contributed by atoms with van der Waals surface area (Å²) in [5.41, 5.74) is 7.56. The van der Waals surface area contributed by atoms with Crippen molar-refractivity contribution in [1.29, 1.82) is 0 Å². The largest absolute Gasteiger partial charge is 0.432 e. The van der Waals surface area contributed by atoms with Crippen LogP contribution in [0.25, 0.3) is 11.1 Å². The zero-order valence-corrected chi connectivity index (χ0v) is 12.0. The van der Waals surface area contributed by atoms with E-state index in [4.69, 9.17) is 10.2 Å². The lowest BCUT2D eigenvalue weighted by Gasteiger charge is -2.11. The number of benzene rings is 1. The number of oxazole rings is 1. The quantitative estimate of drug-likeness (QED) is 0.825. The van der Waals surface area contributed by atoms with Gasteiger partial charge >= 0.3 is 5.91 Å². The van der Waals surface area contributed by atoms with Crippen LogP contribution in [0.3, 0.4) is 0 Å². The number of carbonyl (C=O) groups excluding carboxylic acids is 2. The third-order valence-corrected chi connectivity index (χ3v) is 2.97. The maximum absolute atomic E-state index is 12.0. The summed E-state index contributed by atoms with van der Waals surface area (Å²) in [5, 5.41) is 2.80. The summed E-state index contributed by atoms with van der Waals surface area (Å²) >= 11 is 0. The van der Waals surface area contributed by atoms with Gasteiger partial charge in [0, 0.05) is 11.6 Å². The van der Waals surface area contributed by atoms with Gasteiger partial charge in [-0.25, -0.2) is 4.98 Å². The molecule has 1 aromatic heterocycles. The fraction of sp³-hybridized carbons (Fsp3) is 0.267. The van der Waals surface area contributed by atoms with Crippen molar-refractivity contribution >= 4 is 28.6 Å². The first-order valence-corrected chi connectivity index (χ1v) is 6.52. The fourth-order valence-corrected chi connectivity index (χ4v) is 1.99. The molecule has 0 saturated heterocycles. The van der Waals surface area contributed by atoms with Crippen LogP contribution in [0.5, 0.6) is 0 Å². The molecule has 2 rings (SSSR count). The number of nitrogens with one attached hydrogen (secondary N) is 1. The summed E-state index contributed by atoms with van der Waals surface area (Å²) in [5.74, 6) is -1.15. The summed E-state index contributed by atoms with van der Waals surface area (Å²) in [6, 6.07) is 4.95. The molecule has 0 fully saturated rings. The molecule has 6 nitrogen and oxygen atoms in total. The number of nitrogens with two attached hydrogens (primary N) is 1. The molecule has 3 N–H and O–H groups in total. The molecule has 0 radical (unpaired) electrons. The second-order valence-electron chi connectivity index (χ2n) is 5.12. The van der Waals surface area contributed by atoms with Crippen LogP contribution >= 0.6 is 0 Å². The van der Waals surface area contributed by atoms with Gasteiger partial charge in [-0.3, -0.25) is 9.59 Å². The standard InChI is InChI=1S/C15H17N3O3/c1-8(2)6-9(3)14(20)17-10-4-5-12-11(7-10)18-15(21-12)13(16)19/h4-5,7,9H,1,6H2,2-3H3,(H2,16,19)(H,17,20). The number of hydrogen-bond donors (Lipinski definition) is 2. The Bertz CT molecular complexity index is 718. The monoisotopic (exact) mass is 287 g/mol. The lowest BCUT2D eigenvalue weighted by molar-refractivity contribution is -0.119. The Labute approximate surface area is 122 Å². The van der Waals surface area contributed by atoms with Gasteiger partial charge in [0.15, 0.2) is 5.58 Å². The Morgan fingerprint density at radius 2 is 2.19 bits per heavy atom. The summed E-state index contributed by atoms with van der Waals surface area (Å²) in [4.78, 5) is 27.0. The molecule has 110 valence electrons. The van der Waals surface area contributed by atoms with Crippen LogP contribution in [-0.4, -0.2) is 16.8 Å². The zero-order chi connectivity index (χ0) is 15.6. The van der Waals surface area contributed by atoms with Gasteiger partial charge in [0.05, 0.1) is 0 Å². The first-order chi connectivity index (χ1) is 9.86. The van der Waals surface area contributed by atoms with Gasteiger partial charge in [0.1, 0.15) is 5.52 Å². The Morgan fingerprint density at radius 1 is 1.48 bits per heavy atom. The molecule has 0 saturated carbocycles. The lowest BCUT2D eigenvalue weighted by atomic mass is 10.0. The third kappa shape index (κ3) is 3.47. The van der Waals surface area contributed by atoms with Crippen LogP contribution in [0.2, 0.25) is 0 Å². The Hall–Kier alpha value is -2.63. The molecule has 0 aliphatic heterocycles. The van der Waals surface area contributed by atoms with Crippen LogP contribution < -0.4 is 11.1 Å². The van der Waals surface area contributed by atoms with E-state index >= 15 is 0 Å². The van der Waals surface area contributed by atoms with Gasteiger partial charge in [-0.2, -0.15) is 0 Å². The average Bonchev–Trinajstić information content (AvgIpc) is 2.81. The van der Waals surface area contributed by atoms with Crippen molar-refractivity contribution < 1.29 is 14.0 Å². The van der Waals surface area contributed by atoms with Gasteiger partial charge in [0.25, 0.3) is 5.89 Å². The van der Waals surface area contributed by atoms with Gasteiger partial charge < -0.3 is 15.5 Å². The number of hydrogen-bond acceptors (Lipinski definition) is 4. The molecule has 2 amide bonds. The number of amides is 2. The van der Waals surface area contributed by atoms with E-state index in [0.717, 1.165) is 5.57 Å². The van der Waals surface area contributed by atoms with E-state index in [0.29, 0.717) is 23.2 Å². The molecule has 0 aliphatic rings. The first-order valence-electron chi connectivity index (χ1n) is 6.52. The van der Waals surface area contributed by atoms with Crippen LogP contribution in [0, 0.1) is 5.92 Å². The number of nitrogens with zero attached hydrogens (tertiary/aromatic N) is 1. The second-order valence-corrected chi connectivity index (χ2v) is 5.12. The molecule has 21 heavy (non-hydrogen) atoms. The minimum absolute atomic E-state index is 0.101. The first kappa shape index (κ1) is 14.8. The van der Waals surface area contributed by atoms with Gasteiger partial charge in [-0.05, 0) is 31.5 Å². The van der Waals surface area contributed by atoms with Crippen molar-refractivity contribution in [3.05, 3.63) is 36.2 Å². The summed E-state index contributed by atoms with van der Waals surface area (Å²) in [7, 11) is 0. The van der Waals surface area contributed by atoms with Crippen LogP contribution in [0.4, 0.5) is 5.69 Å². The maximum atomic E-state index is 12.0. The predicted molar refractivity (Wildman–Crippen MR) is 79.8 cm³/mol. The average molecular weight is 287 g/mol. The topological polar surface area (TPSA) is 98.2 Å². The molecule has 6 heteroatoms. The smallest absolute Gasteiger partial charge is 0.304 e. The van der Waals surface area contributed by atoms with E-state index in [2.05, 4.69) is 16.9 Å². The van der Waals surface area contributed by atoms with E-state index in [1.54, 1.807) is 18.2 Å². The van der Waals surface area contributed by atoms with E-state index in [9.17, 15) is 9.59 Å². The normalized spacial score (nSPS) is 12.1. The number of rotatable bonds is 5. The van der Waals surface area contributed by atoms with E-state index in [1.165, 1.54) is 0 Å². The van der Waals surface area contributed by atoms with Crippen molar-refractivity contribution in [2.75, 3.05) is 5.32 Å². The van der Waals surface area contributed by atoms with E-state index < -0.39 is 5.91 Å². The highest BCUT2D eigenvalue weighted by atomic mass is 16.4. The summed E-state index contributed by atoms with van der Waals surface area (Å²) < 4.78 is 5.18. The SMILES string of the molecule is C=C(C)CC(C)C(=O)Nc1ccc2oc(C(N)=O)nc2c1. The molecule has 1 aromatic carbocycles. The van der Waals surface area contributed by atoms with Crippen molar-refractivity contribution in [2.45, 2.75) is 20.3 Å². The number of anilines is 1. The number of carbonyl (C=O) groups is 2. The number of allylic oxidation sites excluding steroid dienone is 1. The lowest BCUT2D eigenvalue weighted by Crippen LogP contribution is -2.20. The van der Waals surface area contributed by atoms with Crippen LogP contribution in [0.15, 0.2) is 34.8 Å². The Morgan fingerprint density at radius 3 is 2.81 bits per heavy atom. The van der Waals surface area contributed by atoms with Crippen LogP contribution in [-0.2, 0) is 4.79 Å². The molecular weight excluding hydrogens is 270 g/mol. The van der Waals surface area contributed by atoms with E-state index in [1.807, 2.05) is 13.8 Å². The molecule has 1 unspecified atom stereocenters. The van der Waals surface area contributed by atoms with Crippen molar-refractivity contribution in [2.24, 2.45) is 11.7 Å². The Kier molecular flexibility index (Phi) is 4.07. The highest BCUT2D eigenvalue weighted by molar-refractivity contribution is 5.95. The van der Waals surface area contributed by atoms with Crippen LogP contribution in [0.1, 0.15) is 31.0 Å². The summed E-state index contributed by atoms with van der Waals surface area (Å²) in [6.45, 7) is 7.52. The minimum Gasteiger partial charge on any atom is -0.432 e.